The Balaban J connectivity index is 2.30. The topological polar surface area (TPSA) is 46.9 Å². The van der Waals surface area contributed by atoms with Gasteiger partial charge in [-0.15, -0.1) is 0 Å². The second-order valence-electron chi connectivity index (χ2n) is 4.52. The first-order valence-electron chi connectivity index (χ1n) is 5.87. The van der Waals surface area contributed by atoms with Crippen LogP contribution in [0.2, 0.25) is 0 Å². The highest BCUT2D eigenvalue weighted by molar-refractivity contribution is 6.05. The van der Waals surface area contributed by atoms with E-state index in [-0.39, 0.29) is 5.91 Å². The first-order chi connectivity index (χ1) is 8.49. The summed E-state index contributed by atoms with van der Waals surface area (Å²) in [5.41, 5.74) is 3.57. The zero-order chi connectivity index (χ0) is 13.3. The molecule has 1 aromatic heterocycles. The number of aryl methyl sites for hydroxylation is 4. The van der Waals surface area contributed by atoms with E-state index in [1.54, 1.807) is 4.68 Å². The Bertz CT molecular complexity index is 579. The minimum Gasteiger partial charge on any atom is -0.307 e. The van der Waals surface area contributed by atoms with Crippen LogP contribution in [-0.2, 0) is 7.05 Å². The van der Waals surface area contributed by atoms with Crippen LogP contribution in [0, 0.1) is 20.8 Å². The van der Waals surface area contributed by atoms with Crippen molar-refractivity contribution < 1.29 is 4.79 Å². The zero-order valence-electron chi connectivity index (χ0n) is 11.1. The third-order valence-corrected chi connectivity index (χ3v) is 2.95. The Morgan fingerprint density at radius 2 is 1.83 bits per heavy atom. The van der Waals surface area contributed by atoms with Gasteiger partial charge in [-0.05, 0) is 31.9 Å². The van der Waals surface area contributed by atoms with Crippen LogP contribution >= 0.6 is 0 Å². The highest BCUT2D eigenvalue weighted by atomic mass is 16.1. The van der Waals surface area contributed by atoms with Crippen LogP contribution in [0.1, 0.15) is 27.2 Å². The number of anilines is 1. The van der Waals surface area contributed by atoms with Gasteiger partial charge >= 0.3 is 0 Å². The van der Waals surface area contributed by atoms with Crippen molar-refractivity contribution in [1.29, 1.82) is 0 Å². The summed E-state index contributed by atoms with van der Waals surface area (Å²) in [4.78, 5) is 12.3. The molecule has 0 unspecified atom stereocenters. The lowest BCUT2D eigenvalue weighted by atomic mass is 10.0. The molecule has 1 heterocycles. The van der Waals surface area contributed by atoms with Crippen molar-refractivity contribution in [2.24, 2.45) is 7.05 Å². The average molecular weight is 243 g/mol. The summed E-state index contributed by atoms with van der Waals surface area (Å²) in [7, 11) is 1.81. The molecule has 0 aliphatic carbocycles. The molecular formula is C14H17N3O. The number of hydrogen-bond acceptors (Lipinski definition) is 2. The van der Waals surface area contributed by atoms with Crippen molar-refractivity contribution >= 4 is 11.7 Å². The van der Waals surface area contributed by atoms with Crippen molar-refractivity contribution in [2.75, 3.05) is 5.32 Å². The lowest BCUT2D eigenvalue weighted by Gasteiger charge is -2.10. The molecule has 94 valence electrons. The zero-order valence-corrected chi connectivity index (χ0v) is 11.1. The van der Waals surface area contributed by atoms with Crippen LogP contribution in [0.3, 0.4) is 0 Å². The second-order valence-corrected chi connectivity index (χ2v) is 4.52. The monoisotopic (exact) mass is 243 g/mol. The van der Waals surface area contributed by atoms with Gasteiger partial charge in [0, 0.05) is 18.7 Å². The third-order valence-electron chi connectivity index (χ3n) is 2.95. The Kier molecular flexibility index (Phi) is 3.19. The first-order valence-corrected chi connectivity index (χ1v) is 5.87. The van der Waals surface area contributed by atoms with Crippen LogP contribution in [0.15, 0.2) is 24.3 Å². The van der Waals surface area contributed by atoms with Crippen molar-refractivity contribution in [3.8, 4) is 0 Å². The molecule has 1 amide bonds. The van der Waals surface area contributed by atoms with Gasteiger partial charge in [0.05, 0.1) is 5.69 Å². The number of carbonyl (C=O) groups is 1. The quantitative estimate of drug-likeness (QED) is 0.881. The second kappa shape index (κ2) is 4.64. The molecule has 0 saturated carbocycles. The maximum absolute atomic E-state index is 12.3. The van der Waals surface area contributed by atoms with Crippen LogP contribution in [-0.4, -0.2) is 15.7 Å². The number of nitrogens with zero attached hydrogens (tertiary/aromatic N) is 2. The molecule has 4 nitrogen and oxygen atoms in total. The summed E-state index contributed by atoms with van der Waals surface area (Å²) in [5, 5.41) is 7.10. The standard InChI is InChI=1S/C14H17N3O/c1-9-6-5-7-10(2)13(9)14(18)15-12-8-11(3)16-17(12)4/h5-8H,1-4H3,(H,15,18). The Morgan fingerprint density at radius 1 is 1.22 bits per heavy atom. The van der Waals surface area contributed by atoms with Gasteiger partial charge in [-0.2, -0.15) is 5.10 Å². The Morgan fingerprint density at radius 3 is 2.33 bits per heavy atom. The fraction of sp³-hybridized carbons (Fsp3) is 0.286. The maximum atomic E-state index is 12.3. The van der Waals surface area contributed by atoms with Crippen molar-refractivity contribution in [3.63, 3.8) is 0 Å². The van der Waals surface area contributed by atoms with Crippen LogP contribution in [0.4, 0.5) is 5.82 Å². The molecular weight excluding hydrogens is 226 g/mol. The van der Waals surface area contributed by atoms with Crippen molar-refractivity contribution in [2.45, 2.75) is 20.8 Å². The van der Waals surface area contributed by atoms with Gasteiger partial charge in [0.2, 0.25) is 0 Å². The third kappa shape index (κ3) is 2.27. The molecule has 18 heavy (non-hydrogen) atoms. The SMILES string of the molecule is Cc1cc(NC(=O)c2c(C)cccc2C)n(C)n1. The number of amides is 1. The highest BCUT2D eigenvalue weighted by Gasteiger charge is 2.13. The van der Waals surface area contributed by atoms with Gasteiger partial charge < -0.3 is 5.32 Å². The molecule has 2 rings (SSSR count). The molecule has 1 N–H and O–H groups in total. The van der Waals surface area contributed by atoms with E-state index in [9.17, 15) is 4.79 Å². The van der Waals surface area contributed by atoms with Crippen molar-refractivity contribution in [1.82, 2.24) is 9.78 Å². The van der Waals surface area contributed by atoms with Gasteiger partial charge in [-0.3, -0.25) is 9.48 Å². The van der Waals surface area contributed by atoms with Crippen LogP contribution in [0.25, 0.3) is 0 Å². The normalized spacial score (nSPS) is 10.4. The first kappa shape index (κ1) is 12.4. The molecule has 2 aromatic rings. The average Bonchev–Trinajstić information content (AvgIpc) is 2.57. The van der Waals surface area contributed by atoms with Crippen molar-refractivity contribution in [3.05, 3.63) is 46.6 Å². The summed E-state index contributed by atoms with van der Waals surface area (Å²) in [6, 6.07) is 7.69. The number of rotatable bonds is 2. The van der Waals surface area contributed by atoms with Gasteiger partial charge in [-0.1, -0.05) is 18.2 Å². The molecule has 0 aliphatic heterocycles. The number of benzene rings is 1. The number of aromatic nitrogens is 2. The van der Waals surface area contributed by atoms with Gasteiger partial charge in [0.25, 0.3) is 5.91 Å². The molecule has 1 aromatic carbocycles. The van der Waals surface area contributed by atoms with Crippen LogP contribution < -0.4 is 5.32 Å². The lowest BCUT2D eigenvalue weighted by molar-refractivity contribution is 0.102. The number of nitrogens with one attached hydrogen (secondary N) is 1. The Hall–Kier alpha value is -2.10. The van der Waals surface area contributed by atoms with E-state index in [1.165, 1.54) is 0 Å². The summed E-state index contributed by atoms with van der Waals surface area (Å²) in [6.45, 7) is 5.78. The van der Waals surface area contributed by atoms with E-state index in [2.05, 4.69) is 10.4 Å². The number of hydrogen-bond donors (Lipinski definition) is 1. The van der Waals surface area contributed by atoms with E-state index < -0.39 is 0 Å². The van der Waals surface area contributed by atoms with E-state index in [4.69, 9.17) is 0 Å². The van der Waals surface area contributed by atoms with Gasteiger partial charge in [0.1, 0.15) is 5.82 Å². The van der Waals surface area contributed by atoms with Gasteiger partial charge in [-0.25, -0.2) is 0 Å². The fourth-order valence-electron chi connectivity index (χ4n) is 2.08. The molecule has 0 bridgehead atoms. The molecule has 0 aliphatic rings. The molecule has 0 saturated heterocycles. The summed E-state index contributed by atoms with van der Waals surface area (Å²) >= 11 is 0. The maximum Gasteiger partial charge on any atom is 0.257 e. The predicted molar refractivity (Wildman–Crippen MR) is 71.8 cm³/mol. The lowest BCUT2D eigenvalue weighted by Crippen LogP contribution is -2.17. The van der Waals surface area contributed by atoms with Crippen LogP contribution in [0.5, 0.6) is 0 Å². The predicted octanol–water partition coefficient (Wildman–Crippen LogP) is 2.60. The molecule has 0 spiro atoms. The molecule has 0 atom stereocenters. The van der Waals surface area contributed by atoms with Gasteiger partial charge in [0.15, 0.2) is 0 Å². The number of carbonyl (C=O) groups excluding carboxylic acids is 1. The Labute approximate surface area is 107 Å². The largest absolute Gasteiger partial charge is 0.307 e. The highest BCUT2D eigenvalue weighted by Crippen LogP contribution is 2.16. The minimum absolute atomic E-state index is 0.0893. The molecule has 0 fully saturated rings. The summed E-state index contributed by atoms with van der Waals surface area (Å²) < 4.78 is 1.67. The summed E-state index contributed by atoms with van der Waals surface area (Å²) in [5.74, 6) is 0.619. The summed E-state index contributed by atoms with van der Waals surface area (Å²) in [6.07, 6.45) is 0. The van der Waals surface area contributed by atoms with E-state index in [0.717, 1.165) is 22.4 Å². The van der Waals surface area contributed by atoms with E-state index >= 15 is 0 Å². The molecule has 4 heteroatoms. The minimum atomic E-state index is -0.0893. The van der Waals surface area contributed by atoms with E-state index in [1.807, 2.05) is 52.1 Å². The fourth-order valence-corrected chi connectivity index (χ4v) is 2.08. The molecule has 0 radical (unpaired) electrons. The smallest absolute Gasteiger partial charge is 0.257 e. The van der Waals surface area contributed by atoms with E-state index in [0.29, 0.717) is 5.82 Å².